The maximum absolute atomic E-state index is 12.5. The van der Waals surface area contributed by atoms with Gasteiger partial charge in [0.25, 0.3) is 10.0 Å². The first-order valence-corrected chi connectivity index (χ1v) is 8.61. The molecule has 1 heterocycles. The third-order valence-corrected chi connectivity index (χ3v) is 5.79. The first-order chi connectivity index (χ1) is 8.73. The molecule has 0 spiro atoms. The van der Waals surface area contributed by atoms with E-state index in [0.717, 1.165) is 5.01 Å². The van der Waals surface area contributed by atoms with Gasteiger partial charge in [0.15, 0.2) is 4.21 Å². The summed E-state index contributed by atoms with van der Waals surface area (Å²) >= 11 is 6.00. The smallest absolute Gasteiger partial charge is 0.254 e. The minimum Gasteiger partial charge on any atom is -0.393 e. The van der Waals surface area contributed by atoms with Crippen molar-refractivity contribution in [2.75, 3.05) is 13.1 Å². The zero-order chi connectivity index (χ0) is 14.6. The molecule has 19 heavy (non-hydrogen) atoms. The average Bonchev–Trinajstić information content (AvgIpc) is 2.70. The van der Waals surface area contributed by atoms with Gasteiger partial charge in [-0.25, -0.2) is 13.4 Å². The lowest BCUT2D eigenvalue weighted by atomic mass is 10.2. The summed E-state index contributed by atoms with van der Waals surface area (Å²) < 4.78 is 26.7. The monoisotopic (exact) mass is 321 g/mol. The predicted molar refractivity (Wildman–Crippen MR) is 81.9 cm³/mol. The van der Waals surface area contributed by atoms with Crippen LogP contribution in [0.4, 0.5) is 0 Å². The third kappa shape index (κ3) is 4.79. The van der Waals surface area contributed by atoms with Crippen molar-refractivity contribution in [2.24, 2.45) is 11.7 Å². The molecule has 2 N–H and O–H groups in total. The second kappa shape index (κ2) is 6.74. The summed E-state index contributed by atoms with van der Waals surface area (Å²) in [5.74, 6) is 0.232. The lowest BCUT2D eigenvalue weighted by molar-refractivity contribution is 0.375. The van der Waals surface area contributed by atoms with Crippen molar-refractivity contribution >= 4 is 38.6 Å². The summed E-state index contributed by atoms with van der Waals surface area (Å²) in [5, 5.41) is 0.734. The molecule has 0 saturated heterocycles. The Labute approximate surface area is 123 Å². The molecule has 0 aliphatic carbocycles. The van der Waals surface area contributed by atoms with Gasteiger partial charge in [0, 0.05) is 19.5 Å². The molecule has 0 amide bonds. The first kappa shape index (κ1) is 16.5. The van der Waals surface area contributed by atoms with Crippen LogP contribution < -0.4 is 5.73 Å². The van der Waals surface area contributed by atoms with Gasteiger partial charge in [-0.1, -0.05) is 26.1 Å². The molecule has 0 unspecified atom stereocenters. The highest BCUT2D eigenvalue weighted by Crippen LogP contribution is 2.23. The van der Waals surface area contributed by atoms with E-state index < -0.39 is 10.0 Å². The van der Waals surface area contributed by atoms with Gasteiger partial charge >= 0.3 is 0 Å². The normalized spacial score (nSPS) is 12.3. The van der Waals surface area contributed by atoms with Crippen LogP contribution in [-0.4, -0.2) is 35.8 Å². The Kier molecular flexibility index (Phi) is 5.84. The number of thiocarbonyl (C=S) groups is 1. The second-order valence-electron chi connectivity index (χ2n) is 4.67. The molecule has 0 radical (unpaired) electrons. The second-order valence-corrected chi connectivity index (χ2v) is 8.60. The molecule has 5 nitrogen and oxygen atoms in total. The summed E-state index contributed by atoms with van der Waals surface area (Å²) in [4.78, 5) is 4.33. The largest absolute Gasteiger partial charge is 0.393 e. The highest BCUT2D eigenvalue weighted by Gasteiger charge is 2.26. The number of hydrogen-bond donors (Lipinski definition) is 1. The van der Waals surface area contributed by atoms with Crippen molar-refractivity contribution in [3.8, 4) is 0 Å². The van der Waals surface area contributed by atoms with Gasteiger partial charge in [-0.2, -0.15) is 4.31 Å². The van der Waals surface area contributed by atoms with E-state index in [-0.39, 0.29) is 10.1 Å². The molecule has 8 heteroatoms. The maximum atomic E-state index is 12.5. The van der Waals surface area contributed by atoms with E-state index in [0.29, 0.717) is 24.5 Å². The highest BCUT2D eigenvalue weighted by atomic mass is 32.2. The Morgan fingerprint density at radius 3 is 2.63 bits per heavy atom. The van der Waals surface area contributed by atoms with E-state index in [1.54, 1.807) is 6.92 Å². The molecule has 1 aromatic heterocycles. The summed E-state index contributed by atoms with van der Waals surface area (Å²) in [6, 6.07) is 0. The lowest BCUT2D eigenvalue weighted by Gasteiger charge is -2.22. The number of hydrogen-bond acceptors (Lipinski definition) is 5. The molecule has 0 fully saturated rings. The minimum absolute atomic E-state index is 0.232. The van der Waals surface area contributed by atoms with Crippen LogP contribution in [-0.2, 0) is 10.0 Å². The summed E-state index contributed by atoms with van der Waals surface area (Å²) in [6.07, 6.45) is 1.79. The number of aryl methyl sites for hydroxylation is 1. The van der Waals surface area contributed by atoms with Crippen molar-refractivity contribution < 1.29 is 8.42 Å². The lowest BCUT2D eigenvalue weighted by Crippen LogP contribution is -2.36. The quantitative estimate of drug-likeness (QED) is 0.775. The summed E-state index contributed by atoms with van der Waals surface area (Å²) in [6.45, 7) is 6.49. The number of sulfonamides is 1. The summed E-state index contributed by atoms with van der Waals surface area (Å²) in [5.41, 5.74) is 5.46. The van der Waals surface area contributed by atoms with Crippen molar-refractivity contribution in [2.45, 2.75) is 31.4 Å². The molecule has 0 aliphatic rings. The zero-order valence-electron chi connectivity index (χ0n) is 11.3. The van der Waals surface area contributed by atoms with Gasteiger partial charge in [0.1, 0.15) is 0 Å². The van der Waals surface area contributed by atoms with Gasteiger partial charge in [0.2, 0.25) is 0 Å². The topological polar surface area (TPSA) is 76.3 Å². The number of nitrogens with zero attached hydrogens (tertiary/aromatic N) is 2. The van der Waals surface area contributed by atoms with Gasteiger partial charge in [0.05, 0.1) is 16.2 Å². The molecular weight excluding hydrogens is 302 g/mol. The number of rotatable bonds is 7. The molecule has 108 valence electrons. The SMILES string of the molecule is Cc1ncc(S(=O)(=O)N(CCC(N)=S)CC(C)C)s1. The molecular formula is C11H19N3O2S3. The van der Waals surface area contributed by atoms with Gasteiger partial charge < -0.3 is 5.73 Å². The fourth-order valence-electron chi connectivity index (χ4n) is 1.54. The minimum atomic E-state index is -3.50. The molecule has 1 aromatic rings. The van der Waals surface area contributed by atoms with E-state index in [4.69, 9.17) is 18.0 Å². The van der Waals surface area contributed by atoms with Crippen LogP contribution in [0.15, 0.2) is 10.4 Å². The number of aromatic nitrogens is 1. The number of nitrogens with two attached hydrogens (primary N) is 1. The molecule has 0 aromatic carbocycles. The van der Waals surface area contributed by atoms with Crippen LogP contribution in [0.2, 0.25) is 0 Å². The molecule has 0 atom stereocenters. The molecule has 1 rings (SSSR count). The Bertz CT molecular complexity index is 537. The van der Waals surface area contributed by atoms with Gasteiger partial charge in [-0.3, -0.25) is 0 Å². The summed E-state index contributed by atoms with van der Waals surface area (Å²) in [7, 11) is -3.50. The molecule has 0 saturated carbocycles. The molecule has 0 bridgehead atoms. The average molecular weight is 321 g/mol. The zero-order valence-corrected chi connectivity index (χ0v) is 13.7. The van der Waals surface area contributed by atoms with E-state index in [1.807, 2.05) is 13.8 Å². The van der Waals surface area contributed by atoms with Crippen LogP contribution in [0.1, 0.15) is 25.3 Å². The van der Waals surface area contributed by atoms with Crippen molar-refractivity contribution in [1.82, 2.24) is 9.29 Å². The Hall–Kier alpha value is -0.570. The maximum Gasteiger partial charge on any atom is 0.254 e. The fourth-order valence-corrected chi connectivity index (χ4v) is 4.50. The Morgan fingerprint density at radius 2 is 2.21 bits per heavy atom. The van der Waals surface area contributed by atoms with Gasteiger partial charge in [-0.15, -0.1) is 11.3 Å². The standard InChI is InChI=1S/C11H19N3O2S3/c1-8(2)7-14(5-4-10(12)17)19(15,16)11-6-13-9(3)18-11/h6,8H,4-5,7H2,1-3H3,(H2,12,17). The van der Waals surface area contributed by atoms with Crippen LogP contribution in [0.25, 0.3) is 0 Å². The predicted octanol–water partition coefficient (Wildman–Crippen LogP) is 1.77. The fraction of sp³-hybridized carbons (Fsp3) is 0.636. The van der Waals surface area contributed by atoms with E-state index in [2.05, 4.69) is 4.98 Å². The van der Waals surface area contributed by atoms with E-state index in [9.17, 15) is 8.42 Å². The molecule has 0 aliphatic heterocycles. The van der Waals surface area contributed by atoms with Crippen LogP contribution in [0.3, 0.4) is 0 Å². The Balaban J connectivity index is 2.98. The van der Waals surface area contributed by atoms with Gasteiger partial charge in [-0.05, 0) is 12.8 Å². The van der Waals surface area contributed by atoms with E-state index >= 15 is 0 Å². The van der Waals surface area contributed by atoms with Crippen molar-refractivity contribution in [3.63, 3.8) is 0 Å². The number of thiazole rings is 1. The van der Waals surface area contributed by atoms with Crippen LogP contribution in [0.5, 0.6) is 0 Å². The highest BCUT2D eigenvalue weighted by molar-refractivity contribution is 7.91. The first-order valence-electron chi connectivity index (χ1n) is 5.94. The van der Waals surface area contributed by atoms with Crippen molar-refractivity contribution in [1.29, 1.82) is 0 Å². The van der Waals surface area contributed by atoms with Crippen molar-refractivity contribution in [3.05, 3.63) is 11.2 Å². The Morgan fingerprint density at radius 1 is 1.58 bits per heavy atom. The van der Waals surface area contributed by atoms with E-state index in [1.165, 1.54) is 21.8 Å². The van der Waals surface area contributed by atoms with Crippen LogP contribution in [0, 0.1) is 12.8 Å². The third-order valence-electron chi connectivity index (χ3n) is 2.37. The van der Waals surface area contributed by atoms with Crippen LogP contribution >= 0.6 is 23.6 Å².